The van der Waals surface area contributed by atoms with E-state index in [0.717, 1.165) is 5.56 Å². The fourth-order valence-electron chi connectivity index (χ4n) is 1.82. The van der Waals surface area contributed by atoms with E-state index in [1.165, 1.54) is 11.8 Å². The Morgan fingerprint density at radius 3 is 2.91 bits per heavy atom. The molecule has 0 saturated heterocycles. The van der Waals surface area contributed by atoms with Crippen molar-refractivity contribution in [3.05, 3.63) is 63.8 Å². The molecule has 0 aliphatic carbocycles. The van der Waals surface area contributed by atoms with Crippen molar-refractivity contribution in [2.45, 2.75) is 17.8 Å². The highest BCUT2D eigenvalue weighted by atomic mass is 35.5. The van der Waals surface area contributed by atoms with Crippen molar-refractivity contribution in [1.82, 2.24) is 14.9 Å². The summed E-state index contributed by atoms with van der Waals surface area (Å²) in [6.07, 6.45) is 3.22. The fraction of sp³-hybridized carbons (Fsp3) is 0.133. The number of furan rings is 1. The van der Waals surface area contributed by atoms with E-state index in [-0.39, 0.29) is 0 Å². The molecule has 1 aromatic carbocycles. The minimum Gasteiger partial charge on any atom is -0.463 e. The van der Waals surface area contributed by atoms with Gasteiger partial charge in [0, 0.05) is 15.8 Å². The van der Waals surface area contributed by atoms with E-state index in [2.05, 4.69) is 15.3 Å². The molecule has 0 radical (unpaired) electrons. The first-order valence-corrected chi connectivity index (χ1v) is 8.44. The molecule has 0 aliphatic rings. The Hall–Kier alpha value is -1.76. The number of benzene rings is 1. The summed E-state index contributed by atoms with van der Waals surface area (Å²) in [5, 5.41) is 14.5. The van der Waals surface area contributed by atoms with Gasteiger partial charge >= 0.3 is 0 Å². The lowest BCUT2D eigenvalue weighted by Crippen LogP contribution is -1.96. The first kappa shape index (κ1) is 16.1. The summed E-state index contributed by atoms with van der Waals surface area (Å²) >= 11 is 13.6. The van der Waals surface area contributed by atoms with Gasteiger partial charge in [-0.05, 0) is 36.8 Å². The summed E-state index contributed by atoms with van der Waals surface area (Å²) in [5.41, 5.74) is 0.975. The van der Waals surface area contributed by atoms with Crippen LogP contribution in [0.3, 0.4) is 0 Å². The largest absolute Gasteiger partial charge is 0.463 e. The molecule has 0 bridgehead atoms. The third kappa shape index (κ3) is 3.96. The Labute approximate surface area is 147 Å². The molecular weight excluding hydrogens is 355 g/mol. The molecular formula is C15H12Cl2N4OS. The highest BCUT2D eigenvalue weighted by molar-refractivity contribution is 7.98. The van der Waals surface area contributed by atoms with Gasteiger partial charge in [-0.25, -0.2) is 0 Å². The molecule has 118 valence electrons. The first-order valence-electron chi connectivity index (χ1n) is 6.70. The minimum atomic E-state index is 0.616. The number of nitrogens with zero attached hydrogens (tertiary/aromatic N) is 4. The predicted octanol–water partition coefficient (Wildman–Crippen LogP) is 4.66. The van der Waals surface area contributed by atoms with Gasteiger partial charge in [0.1, 0.15) is 5.76 Å². The lowest BCUT2D eigenvalue weighted by Gasteiger charge is -2.04. The normalized spacial score (nSPS) is 11.4. The highest BCUT2D eigenvalue weighted by Crippen LogP contribution is 2.28. The van der Waals surface area contributed by atoms with Crippen molar-refractivity contribution in [3.63, 3.8) is 0 Å². The number of hydrogen-bond donors (Lipinski definition) is 0. The van der Waals surface area contributed by atoms with E-state index < -0.39 is 0 Å². The molecule has 0 N–H and O–H groups in total. The van der Waals surface area contributed by atoms with E-state index in [4.69, 9.17) is 27.6 Å². The van der Waals surface area contributed by atoms with Crippen molar-refractivity contribution in [2.24, 2.45) is 5.10 Å². The Balaban J connectivity index is 1.76. The number of halogens is 2. The third-order valence-corrected chi connectivity index (χ3v) is 4.54. The molecule has 0 amide bonds. The quantitative estimate of drug-likeness (QED) is 0.486. The lowest BCUT2D eigenvalue weighted by molar-refractivity contribution is 0.559. The van der Waals surface area contributed by atoms with E-state index >= 15 is 0 Å². The minimum absolute atomic E-state index is 0.616. The maximum atomic E-state index is 6.19. The molecule has 0 fully saturated rings. The standard InChI is InChI=1S/C15H12Cl2N4OS/c1-10-19-20-15(21(10)18-8-13-3-2-6-22-13)23-9-11-4-5-12(16)7-14(11)17/h2-8H,9H2,1H3/b18-8-. The van der Waals surface area contributed by atoms with Gasteiger partial charge in [0.25, 0.3) is 0 Å². The molecule has 0 unspecified atom stereocenters. The molecule has 2 heterocycles. The van der Waals surface area contributed by atoms with Crippen LogP contribution in [-0.4, -0.2) is 21.1 Å². The van der Waals surface area contributed by atoms with Crippen LogP contribution >= 0.6 is 35.0 Å². The van der Waals surface area contributed by atoms with Crippen LogP contribution in [0.2, 0.25) is 10.0 Å². The summed E-state index contributed by atoms with van der Waals surface area (Å²) in [7, 11) is 0. The Morgan fingerprint density at radius 1 is 1.30 bits per heavy atom. The van der Waals surface area contributed by atoms with Gasteiger partial charge in [0.05, 0.1) is 12.5 Å². The van der Waals surface area contributed by atoms with Crippen LogP contribution in [-0.2, 0) is 5.75 Å². The Morgan fingerprint density at radius 2 is 2.17 bits per heavy atom. The Bertz CT molecular complexity index is 830. The Kier molecular flexibility index (Phi) is 5.05. The number of aryl methyl sites for hydroxylation is 1. The SMILES string of the molecule is Cc1nnc(SCc2ccc(Cl)cc2Cl)n1/N=C\c1ccco1. The van der Waals surface area contributed by atoms with Gasteiger partial charge in [-0.15, -0.1) is 10.2 Å². The van der Waals surface area contributed by atoms with Gasteiger partial charge in [-0.1, -0.05) is 41.0 Å². The second-order valence-electron chi connectivity index (χ2n) is 4.63. The highest BCUT2D eigenvalue weighted by Gasteiger charge is 2.10. The predicted molar refractivity (Wildman–Crippen MR) is 92.5 cm³/mol. The van der Waals surface area contributed by atoms with Gasteiger partial charge in [0.2, 0.25) is 5.16 Å². The maximum absolute atomic E-state index is 6.19. The van der Waals surface area contributed by atoms with Crippen LogP contribution in [0.5, 0.6) is 0 Å². The van der Waals surface area contributed by atoms with E-state index in [0.29, 0.717) is 32.5 Å². The average molecular weight is 367 g/mol. The number of hydrogen-bond acceptors (Lipinski definition) is 5. The first-order chi connectivity index (χ1) is 11.1. The van der Waals surface area contributed by atoms with Crippen molar-refractivity contribution < 1.29 is 4.42 Å². The van der Waals surface area contributed by atoms with Crippen LogP contribution < -0.4 is 0 Å². The molecule has 0 saturated carbocycles. The summed E-state index contributed by atoms with van der Waals surface area (Å²) in [4.78, 5) is 0. The molecule has 0 aliphatic heterocycles. The zero-order valence-corrected chi connectivity index (χ0v) is 14.4. The third-order valence-electron chi connectivity index (χ3n) is 2.98. The van der Waals surface area contributed by atoms with Crippen LogP contribution in [0.4, 0.5) is 0 Å². The van der Waals surface area contributed by atoms with Crippen LogP contribution in [0.15, 0.2) is 51.3 Å². The van der Waals surface area contributed by atoms with Crippen molar-refractivity contribution >= 4 is 41.2 Å². The van der Waals surface area contributed by atoms with Crippen molar-refractivity contribution in [2.75, 3.05) is 0 Å². The molecule has 0 spiro atoms. The molecule has 5 nitrogen and oxygen atoms in total. The van der Waals surface area contributed by atoms with E-state index in [1.807, 2.05) is 25.1 Å². The molecule has 3 rings (SSSR count). The molecule has 23 heavy (non-hydrogen) atoms. The zero-order valence-electron chi connectivity index (χ0n) is 12.1. The second kappa shape index (κ2) is 7.21. The molecule has 2 aromatic heterocycles. The van der Waals surface area contributed by atoms with Gasteiger partial charge < -0.3 is 4.42 Å². The molecule has 8 heteroatoms. The number of thioether (sulfide) groups is 1. The second-order valence-corrected chi connectivity index (χ2v) is 6.41. The summed E-state index contributed by atoms with van der Waals surface area (Å²) in [6.45, 7) is 1.84. The number of rotatable bonds is 5. The van der Waals surface area contributed by atoms with Crippen LogP contribution in [0.1, 0.15) is 17.1 Å². The monoisotopic (exact) mass is 366 g/mol. The lowest BCUT2D eigenvalue weighted by atomic mass is 10.2. The summed E-state index contributed by atoms with van der Waals surface area (Å²) in [5.74, 6) is 2.00. The van der Waals surface area contributed by atoms with Gasteiger partial charge in [0.15, 0.2) is 5.82 Å². The van der Waals surface area contributed by atoms with Gasteiger partial charge in [-0.3, -0.25) is 0 Å². The van der Waals surface area contributed by atoms with Gasteiger partial charge in [-0.2, -0.15) is 9.78 Å². The molecule has 0 atom stereocenters. The zero-order chi connectivity index (χ0) is 16.2. The van der Waals surface area contributed by atoms with Crippen LogP contribution in [0, 0.1) is 6.92 Å². The van der Waals surface area contributed by atoms with E-state index in [1.54, 1.807) is 29.3 Å². The number of aromatic nitrogens is 3. The molecule has 3 aromatic rings. The topological polar surface area (TPSA) is 56.2 Å². The average Bonchev–Trinajstić information content (AvgIpc) is 3.14. The maximum Gasteiger partial charge on any atom is 0.212 e. The van der Waals surface area contributed by atoms with Crippen molar-refractivity contribution in [1.29, 1.82) is 0 Å². The summed E-state index contributed by atoms with van der Waals surface area (Å²) in [6, 6.07) is 9.07. The van der Waals surface area contributed by atoms with E-state index in [9.17, 15) is 0 Å². The smallest absolute Gasteiger partial charge is 0.212 e. The fourth-order valence-corrected chi connectivity index (χ4v) is 3.31. The van der Waals surface area contributed by atoms with Crippen molar-refractivity contribution in [3.8, 4) is 0 Å². The van der Waals surface area contributed by atoms with Crippen LogP contribution in [0.25, 0.3) is 0 Å². The summed E-state index contributed by atoms with van der Waals surface area (Å²) < 4.78 is 6.89.